The monoisotopic (exact) mass is 262 g/mol. The van der Waals surface area contributed by atoms with E-state index in [1.54, 1.807) is 24.3 Å². The first kappa shape index (κ1) is 14.5. The Morgan fingerprint density at radius 1 is 1.11 bits per heavy atom. The molecule has 0 bridgehead atoms. The molecule has 1 rings (SSSR count). The number of hydrogen-bond donors (Lipinski definition) is 1. The molecule has 0 heterocycles. The Hall–Kier alpha value is -1.61. The minimum Gasteiger partial charge on any atom is -0.381 e. The molecule has 94 valence electrons. The van der Waals surface area contributed by atoms with Gasteiger partial charge in [0.1, 0.15) is 13.0 Å². The summed E-state index contributed by atoms with van der Waals surface area (Å²) in [4.78, 5) is 0. The van der Waals surface area contributed by atoms with Crippen molar-refractivity contribution in [3.63, 3.8) is 0 Å². The fourth-order valence-corrected chi connectivity index (χ4v) is 4.12. The molecule has 0 aliphatic carbocycles. The molecule has 1 atom stereocenters. The summed E-state index contributed by atoms with van der Waals surface area (Å²) in [5, 5.41) is 27.4. The van der Waals surface area contributed by atoms with Gasteiger partial charge >= 0.3 is 0 Å². The lowest BCUT2D eigenvalue weighted by Gasteiger charge is -2.22. The largest absolute Gasteiger partial charge is 0.381 e. The normalized spacial score (nSPS) is 12.4. The highest BCUT2D eigenvalue weighted by molar-refractivity contribution is 7.64. The van der Waals surface area contributed by atoms with Gasteiger partial charge in [0.2, 0.25) is 0 Å². The summed E-state index contributed by atoms with van der Waals surface area (Å²) in [7, 11) is -2.95. The van der Waals surface area contributed by atoms with Crippen LogP contribution in [-0.4, -0.2) is 17.4 Å². The maximum atomic E-state index is 12.7. The predicted octanol–water partition coefficient (Wildman–Crippen LogP) is 2.87. The Morgan fingerprint density at radius 3 is 2.06 bits per heavy atom. The van der Waals surface area contributed by atoms with Gasteiger partial charge in [-0.15, -0.1) is 0 Å². The molecule has 0 saturated heterocycles. The van der Waals surface area contributed by atoms with Gasteiger partial charge in [-0.1, -0.05) is 30.3 Å². The number of nitrogens with zero attached hydrogens (tertiary/aromatic N) is 2. The van der Waals surface area contributed by atoms with Gasteiger partial charge in [0.05, 0.1) is 12.1 Å². The number of aliphatic hydroxyl groups is 1. The average molecular weight is 262 g/mol. The lowest BCUT2D eigenvalue weighted by molar-refractivity contribution is 0.252. The maximum absolute atomic E-state index is 12.7. The molecule has 18 heavy (non-hydrogen) atoms. The highest BCUT2D eigenvalue weighted by atomic mass is 31.2. The van der Waals surface area contributed by atoms with E-state index in [9.17, 15) is 9.67 Å². The molecular weight excluding hydrogens is 247 g/mol. The third-order valence-electron chi connectivity index (χ3n) is 2.75. The van der Waals surface area contributed by atoms with E-state index in [1.807, 2.05) is 18.2 Å². The molecule has 0 saturated carbocycles. The van der Waals surface area contributed by atoms with Crippen LogP contribution in [0.25, 0.3) is 0 Å². The Morgan fingerprint density at radius 2 is 1.61 bits per heavy atom. The van der Waals surface area contributed by atoms with Crippen LogP contribution < -0.4 is 0 Å². The fourth-order valence-electron chi connectivity index (χ4n) is 1.73. The molecule has 4 nitrogen and oxygen atoms in total. The molecule has 0 radical (unpaired) electrons. The van der Waals surface area contributed by atoms with Crippen molar-refractivity contribution >= 4 is 7.14 Å². The van der Waals surface area contributed by atoms with E-state index in [-0.39, 0.29) is 25.2 Å². The van der Waals surface area contributed by atoms with Gasteiger partial charge in [0.25, 0.3) is 0 Å². The van der Waals surface area contributed by atoms with Crippen molar-refractivity contribution in [2.45, 2.75) is 18.7 Å². The van der Waals surface area contributed by atoms with Crippen molar-refractivity contribution in [2.75, 3.05) is 12.3 Å². The molecular formula is C13H15N2O2P. The van der Waals surface area contributed by atoms with Gasteiger partial charge in [-0.2, -0.15) is 10.5 Å². The van der Waals surface area contributed by atoms with E-state index < -0.39 is 13.0 Å². The number of rotatable bonds is 6. The van der Waals surface area contributed by atoms with E-state index >= 15 is 0 Å². The van der Waals surface area contributed by atoms with Crippen molar-refractivity contribution in [3.05, 3.63) is 35.9 Å². The minimum atomic E-state index is -2.95. The molecule has 1 unspecified atom stereocenters. The summed E-state index contributed by atoms with van der Waals surface area (Å²) < 4.78 is 12.7. The smallest absolute Gasteiger partial charge is 0.132 e. The molecule has 0 amide bonds. The van der Waals surface area contributed by atoms with Crippen LogP contribution in [0.5, 0.6) is 0 Å². The Labute approximate surface area is 107 Å². The second-order valence-corrected chi connectivity index (χ2v) is 7.29. The van der Waals surface area contributed by atoms with Gasteiger partial charge in [-0.3, -0.25) is 0 Å². The second kappa shape index (κ2) is 6.97. The first-order chi connectivity index (χ1) is 8.64. The summed E-state index contributed by atoms with van der Waals surface area (Å²) in [6.45, 7) is 0. The number of hydrogen-bond acceptors (Lipinski definition) is 4. The Bertz CT molecular complexity index is 480. The van der Waals surface area contributed by atoms with Gasteiger partial charge < -0.3 is 9.67 Å². The van der Waals surface area contributed by atoms with E-state index in [1.165, 1.54) is 0 Å². The van der Waals surface area contributed by atoms with Gasteiger partial charge in [0.15, 0.2) is 0 Å². The van der Waals surface area contributed by atoms with Crippen molar-refractivity contribution in [2.24, 2.45) is 0 Å². The summed E-state index contributed by atoms with van der Waals surface area (Å²) in [5.41, 5.74) is 0.580. The summed E-state index contributed by atoms with van der Waals surface area (Å²) in [5.74, 6) is -1.08. The number of nitriles is 2. The first-order valence-electron chi connectivity index (χ1n) is 5.69. The number of aliphatic hydroxyl groups excluding tert-OH is 1. The van der Waals surface area contributed by atoms with Crippen molar-refractivity contribution in [1.82, 2.24) is 0 Å². The second-order valence-electron chi connectivity index (χ2n) is 4.00. The van der Waals surface area contributed by atoms with E-state index in [2.05, 4.69) is 0 Å². The van der Waals surface area contributed by atoms with Crippen LogP contribution in [-0.2, 0) is 4.57 Å². The standard InChI is InChI=1S/C13H15N2O2P/c14-8-4-10-18(17,11-5-9-15)13(16)12-6-2-1-3-7-12/h1-3,6-7,13,16H,4-5,10-11H2. The zero-order valence-corrected chi connectivity index (χ0v) is 10.9. The number of benzene rings is 1. The molecule has 1 N–H and O–H groups in total. The van der Waals surface area contributed by atoms with Crippen LogP contribution in [0.1, 0.15) is 24.3 Å². The summed E-state index contributed by atoms with van der Waals surface area (Å²) in [6, 6.07) is 12.6. The Kier molecular flexibility index (Phi) is 5.59. The van der Waals surface area contributed by atoms with Crippen LogP contribution in [0.15, 0.2) is 30.3 Å². The molecule has 5 heteroatoms. The van der Waals surface area contributed by atoms with Gasteiger partial charge in [0, 0.05) is 25.2 Å². The quantitative estimate of drug-likeness (QED) is 0.799. The average Bonchev–Trinajstić information content (AvgIpc) is 2.43. The van der Waals surface area contributed by atoms with Crippen molar-refractivity contribution in [3.8, 4) is 12.1 Å². The third-order valence-corrected chi connectivity index (χ3v) is 5.90. The zero-order valence-electron chi connectivity index (χ0n) is 9.99. The molecule has 1 aromatic carbocycles. The van der Waals surface area contributed by atoms with Gasteiger partial charge in [-0.25, -0.2) is 0 Å². The highest BCUT2D eigenvalue weighted by Gasteiger charge is 2.31. The maximum Gasteiger partial charge on any atom is 0.132 e. The summed E-state index contributed by atoms with van der Waals surface area (Å²) in [6.07, 6.45) is 0.571. The molecule has 0 aliphatic rings. The molecule has 0 aromatic heterocycles. The van der Waals surface area contributed by atoms with Crippen LogP contribution in [0, 0.1) is 22.7 Å². The van der Waals surface area contributed by atoms with Crippen LogP contribution in [0.4, 0.5) is 0 Å². The van der Waals surface area contributed by atoms with Crippen LogP contribution >= 0.6 is 7.14 Å². The highest BCUT2D eigenvalue weighted by Crippen LogP contribution is 2.58. The SMILES string of the molecule is N#CCCP(=O)(CCC#N)C(O)c1ccccc1. The lowest BCUT2D eigenvalue weighted by atomic mass is 10.2. The lowest BCUT2D eigenvalue weighted by Crippen LogP contribution is -2.06. The molecule has 0 spiro atoms. The predicted molar refractivity (Wildman–Crippen MR) is 69.2 cm³/mol. The summed E-state index contributed by atoms with van der Waals surface area (Å²) >= 11 is 0. The van der Waals surface area contributed by atoms with E-state index in [0.717, 1.165) is 0 Å². The van der Waals surface area contributed by atoms with Crippen molar-refractivity contribution < 1.29 is 9.67 Å². The Balaban J connectivity index is 2.93. The third kappa shape index (κ3) is 3.70. The molecule has 0 aliphatic heterocycles. The minimum absolute atomic E-state index is 0.132. The van der Waals surface area contributed by atoms with Gasteiger partial charge in [-0.05, 0) is 5.56 Å². The van der Waals surface area contributed by atoms with E-state index in [4.69, 9.17) is 10.5 Å². The first-order valence-corrected chi connectivity index (χ1v) is 7.83. The van der Waals surface area contributed by atoms with Crippen LogP contribution in [0.2, 0.25) is 0 Å². The van der Waals surface area contributed by atoms with E-state index in [0.29, 0.717) is 5.56 Å². The topological polar surface area (TPSA) is 84.9 Å². The zero-order chi connectivity index (χ0) is 13.4. The van der Waals surface area contributed by atoms with Crippen LogP contribution in [0.3, 0.4) is 0 Å². The molecule has 1 aromatic rings. The van der Waals surface area contributed by atoms with Crippen molar-refractivity contribution in [1.29, 1.82) is 10.5 Å². The molecule has 0 fully saturated rings. The fraction of sp³-hybridized carbons (Fsp3) is 0.385.